The fourth-order valence-electron chi connectivity index (χ4n) is 6.13. The second kappa shape index (κ2) is 9.38. The van der Waals surface area contributed by atoms with Crippen LogP contribution in [-0.2, 0) is 0 Å². The Labute approximate surface area is 188 Å². The van der Waals surface area contributed by atoms with Gasteiger partial charge in [0.1, 0.15) is 0 Å². The van der Waals surface area contributed by atoms with Crippen LogP contribution in [0.5, 0.6) is 0 Å². The average molecular weight is 403 g/mol. The van der Waals surface area contributed by atoms with Crippen molar-refractivity contribution in [3.8, 4) is 0 Å². The molecule has 0 aromatic carbocycles. The highest BCUT2D eigenvalue weighted by Crippen LogP contribution is 2.59. The van der Waals surface area contributed by atoms with Crippen LogP contribution in [0, 0.1) is 35.0 Å². The van der Waals surface area contributed by atoms with Crippen molar-refractivity contribution in [1.82, 2.24) is 0 Å². The number of hydrogen-bond donors (Lipinski definition) is 1. The molecule has 1 nitrogen and oxygen atoms in total. The van der Waals surface area contributed by atoms with E-state index in [2.05, 4.69) is 38.7 Å². The Kier molecular flexibility index (Phi) is 5.07. The first-order chi connectivity index (χ1) is 16.1. The topological polar surface area (TPSA) is 20.2 Å². The van der Waals surface area contributed by atoms with Gasteiger partial charge in [-0.05, 0) is 91.9 Å². The van der Waals surface area contributed by atoms with Crippen molar-refractivity contribution in [3.63, 3.8) is 0 Å². The van der Waals surface area contributed by atoms with Crippen LogP contribution < -0.4 is 0 Å². The summed E-state index contributed by atoms with van der Waals surface area (Å²) in [6, 6.07) is 0. The first-order valence-electron chi connectivity index (χ1n) is 14.6. The lowest BCUT2D eigenvalue weighted by molar-refractivity contribution is 0.112. The third-order valence-electron chi connectivity index (χ3n) is 8.10. The van der Waals surface area contributed by atoms with E-state index in [4.69, 9.17) is 8.22 Å². The van der Waals surface area contributed by atoms with Crippen molar-refractivity contribution in [2.75, 3.05) is 0 Å². The van der Waals surface area contributed by atoms with Gasteiger partial charge in [-0.2, -0.15) is 0 Å². The monoisotopic (exact) mass is 402 g/mol. The van der Waals surface area contributed by atoms with Gasteiger partial charge in [-0.1, -0.05) is 76.5 Å². The first kappa shape index (κ1) is 15.7. The molecule has 0 aromatic rings. The number of aliphatic hydroxyl groups is 1. The number of hydrogen-bond acceptors (Lipinski definition) is 1. The molecule has 29 heavy (non-hydrogen) atoms. The maximum absolute atomic E-state index is 10.1. The molecule has 0 aliphatic heterocycles. The molecule has 1 N–H and O–H groups in total. The molecule has 0 spiro atoms. The van der Waals surface area contributed by atoms with Crippen LogP contribution in [0.1, 0.15) is 94.1 Å². The van der Waals surface area contributed by atoms with Gasteiger partial charge in [-0.15, -0.1) is 0 Å². The Balaban J connectivity index is 1.75. The molecule has 0 aromatic heterocycles. The second-order valence-electron chi connectivity index (χ2n) is 10.1. The van der Waals surface area contributed by atoms with Crippen LogP contribution in [-0.4, -0.2) is 11.2 Å². The van der Waals surface area contributed by atoms with E-state index >= 15 is 0 Å². The Bertz CT molecular complexity index is 850. The number of rotatable bonds is 5. The predicted octanol–water partition coefficient (Wildman–Crippen LogP) is 7.64. The summed E-state index contributed by atoms with van der Waals surface area (Å²) in [4.78, 5) is 0. The number of allylic oxidation sites excluding steroid dienone is 6. The molecule has 0 radical (unpaired) electrons. The fourth-order valence-corrected chi connectivity index (χ4v) is 6.13. The molecule has 3 rings (SSSR count). The van der Waals surface area contributed by atoms with Crippen molar-refractivity contribution in [2.24, 2.45) is 35.0 Å². The lowest BCUT2D eigenvalue weighted by Crippen LogP contribution is -2.35. The van der Waals surface area contributed by atoms with Gasteiger partial charge in [0.25, 0.3) is 0 Å². The van der Waals surface area contributed by atoms with Gasteiger partial charge in [0.2, 0.25) is 0 Å². The number of fused-ring (bicyclic) bond motifs is 1. The number of aliphatic hydroxyl groups excluding tert-OH is 1. The summed E-state index contributed by atoms with van der Waals surface area (Å²) < 4.78 is 46.5. The highest BCUT2D eigenvalue weighted by molar-refractivity contribution is 5.36. The largest absolute Gasteiger partial charge is 0.393 e. The van der Waals surface area contributed by atoms with Crippen molar-refractivity contribution in [3.05, 3.63) is 47.6 Å². The predicted molar refractivity (Wildman–Crippen MR) is 126 cm³/mol. The highest BCUT2D eigenvalue weighted by Gasteiger charge is 2.50. The lowest BCUT2D eigenvalue weighted by Gasteiger charge is -2.44. The second-order valence-corrected chi connectivity index (χ2v) is 10.1. The molecule has 0 saturated heterocycles. The van der Waals surface area contributed by atoms with Gasteiger partial charge < -0.3 is 5.11 Å². The summed E-state index contributed by atoms with van der Waals surface area (Å²) in [7, 11) is 0. The van der Waals surface area contributed by atoms with Gasteiger partial charge in [0, 0.05) is 8.22 Å². The minimum absolute atomic E-state index is 0.187. The molecular formula is C28H44O. The van der Waals surface area contributed by atoms with E-state index in [1.54, 1.807) is 6.92 Å². The molecule has 3 saturated carbocycles. The average Bonchev–Trinajstić information content (AvgIpc) is 3.08. The van der Waals surface area contributed by atoms with Crippen LogP contribution in [0.2, 0.25) is 0 Å². The van der Waals surface area contributed by atoms with E-state index in [9.17, 15) is 5.11 Å². The van der Waals surface area contributed by atoms with Gasteiger partial charge in [-0.3, -0.25) is 0 Å². The van der Waals surface area contributed by atoms with Crippen LogP contribution in [0.3, 0.4) is 0 Å². The summed E-state index contributed by atoms with van der Waals surface area (Å²) >= 11 is 0. The Morgan fingerprint density at radius 1 is 1.14 bits per heavy atom. The Hall–Kier alpha value is -1.08. The van der Waals surface area contributed by atoms with Gasteiger partial charge in [-0.25, -0.2) is 0 Å². The van der Waals surface area contributed by atoms with E-state index < -0.39 is 25.5 Å². The summed E-state index contributed by atoms with van der Waals surface area (Å²) in [6.45, 7) is 5.51. The summed E-state index contributed by atoms with van der Waals surface area (Å²) in [5.41, 5.74) is 4.03. The van der Waals surface area contributed by atoms with E-state index in [1.807, 2.05) is 6.08 Å². The molecule has 3 aliphatic rings. The van der Waals surface area contributed by atoms with E-state index in [1.165, 1.54) is 17.6 Å². The molecule has 3 fully saturated rings. The minimum Gasteiger partial charge on any atom is -0.393 e. The van der Waals surface area contributed by atoms with E-state index in [0.717, 1.165) is 44.1 Å². The molecule has 0 heterocycles. The molecule has 0 bridgehead atoms. The molecule has 0 amide bonds. The molecule has 0 unspecified atom stereocenters. The molecule has 3 aliphatic carbocycles. The Morgan fingerprint density at radius 2 is 1.93 bits per heavy atom. The molecular weight excluding hydrogens is 352 g/mol. The first-order valence-corrected chi connectivity index (χ1v) is 11.6. The lowest BCUT2D eigenvalue weighted by atomic mass is 9.61. The van der Waals surface area contributed by atoms with Crippen molar-refractivity contribution in [2.45, 2.75) is 91.9 Å². The summed E-state index contributed by atoms with van der Waals surface area (Å²) in [5.74, 6) is -0.624. The van der Waals surface area contributed by atoms with Crippen molar-refractivity contribution < 1.29 is 13.3 Å². The zero-order chi connectivity index (χ0) is 26.2. The third kappa shape index (κ3) is 4.98. The molecule has 1 heteroatoms. The maximum Gasteiger partial charge on any atom is 0.0583 e. The molecule has 162 valence electrons. The van der Waals surface area contributed by atoms with Gasteiger partial charge >= 0.3 is 0 Å². The standard InChI is InChI=1S/C28H44O/c1-19(2)20(3)9-10-22(5)26-15-16-27-23(8-7-17-28(26,27)6)12-13-24-18-25(29)14-11-21(24)4/h9-10,12-13,19-20,22,25-27,29H,4,7-8,11,14-18H2,1-3,5-6H3/b10-9+,23-12+,24-13-/t20-,22+,25-,26+,27-,28+/m0/s1/i1D3,2D3. The van der Waals surface area contributed by atoms with Gasteiger partial charge in [0.05, 0.1) is 6.10 Å². The van der Waals surface area contributed by atoms with E-state index in [0.29, 0.717) is 18.3 Å². The van der Waals surface area contributed by atoms with Crippen molar-refractivity contribution in [1.29, 1.82) is 0 Å². The van der Waals surface area contributed by atoms with E-state index in [-0.39, 0.29) is 17.4 Å². The zero-order valence-corrected chi connectivity index (χ0v) is 18.6. The normalized spacial score (nSPS) is 42.1. The van der Waals surface area contributed by atoms with Crippen LogP contribution in [0.15, 0.2) is 47.6 Å². The third-order valence-corrected chi connectivity index (χ3v) is 8.10. The quantitative estimate of drug-likeness (QED) is 0.468. The fraction of sp³-hybridized carbons (Fsp3) is 0.714. The molecule has 6 atom stereocenters. The SMILES string of the molecule is [2H]C([2H])([2H])C([C@@H](C)/C=C/[C@@H](C)[C@H]1CC[C@H]2/C(=C/C=C3/C[C@@H](O)CCC3=C)CCC[C@]12C)C([2H])([2H])[2H]. The summed E-state index contributed by atoms with van der Waals surface area (Å²) in [5, 5.41) is 10.1. The van der Waals surface area contributed by atoms with Crippen LogP contribution >= 0.6 is 0 Å². The Morgan fingerprint density at radius 3 is 2.69 bits per heavy atom. The zero-order valence-electron chi connectivity index (χ0n) is 24.6. The van der Waals surface area contributed by atoms with Gasteiger partial charge in [0.15, 0.2) is 0 Å². The van der Waals surface area contributed by atoms with Crippen molar-refractivity contribution >= 4 is 0 Å². The maximum atomic E-state index is 10.1. The highest BCUT2D eigenvalue weighted by atomic mass is 16.3. The van der Waals surface area contributed by atoms with Crippen LogP contribution in [0.4, 0.5) is 0 Å². The van der Waals surface area contributed by atoms with Crippen LogP contribution in [0.25, 0.3) is 0 Å². The minimum atomic E-state index is -2.51. The smallest absolute Gasteiger partial charge is 0.0583 e. The summed E-state index contributed by atoms with van der Waals surface area (Å²) in [6.07, 6.45) is 16.3.